The lowest BCUT2D eigenvalue weighted by Crippen LogP contribution is -2.24. The number of carbonyl (C=O) groups excluding carboxylic acids is 2. The van der Waals surface area contributed by atoms with Gasteiger partial charge in [-0.1, -0.05) is 42.1 Å². The van der Waals surface area contributed by atoms with Gasteiger partial charge in [-0.05, 0) is 48.9 Å². The maximum Gasteiger partial charge on any atom is 0.251 e. The lowest BCUT2D eigenvalue weighted by molar-refractivity contribution is -0.113. The maximum absolute atomic E-state index is 12.9. The van der Waals surface area contributed by atoms with Crippen LogP contribution in [0.3, 0.4) is 0 Å². The van der Waals surface area contributed by atoms with E-state index < -0.39 is 0 Å². The predicted octanol–water partition coefficient (Wildman–Crippen LogP) is 4.25. The van der Waals surface area contributed by atoms with Gasteiger partial charge in [-0.15, -0.1) is 10.2 Å². The molecule has 1 aromatic heterocycles. The van der Waals surface area contributed by atoms with Crippen molar-refractivity contribution in [2.75, 3.05) is 25.3 Å². The molecule has 9 nitrogen and oxygen atoms in total. The Labute approximate surface area is 219 Å². The fourth-order valence-corrected chi connectivity index (χ4v) is 4.37. The number of hydrogen-bond acceptors (Lipinski definition) is 7. The van der Waals surface area contributed by atoms with Crippen LogP contribution in [0.25, 0.3) is 5.69 Å². The molecule has 0 bridgehead atoms. The molecule has 37 heavy (non-hydrogen) atoms. The Kier molecular flexibility index (Phi) is 8.42. The van der Waals surface area contributed by atoms with Crippen molar-refractivity contribution in [2.45, 2.75) is 18.6 Å². The number of rotatable bonds is 10. The molecule has 0 atom stereocenters. The Morgan fingerprint density at radius 2 is 1.65 bits per heavy atom. The number of benzene rings is 3. The molecule has 2 N–H and O–H groups in total. The Balaban J connectivity index is 1.49. The summed E-state index contributed by atoms with van der Waals surface area (Å²) in [6.45, 7) is 2.09. The van der Waals surface area contributed by atoms with Gasteiger partial charge < -0.3 is 20.1 Å². The molecule has 0 unspecified atom stereocenters. The van der Waals surface area contributed by atoms with Crippen molar-refractivity contribution in [3.63, 3.8) is 0 Å². The second-order valence-electron chi connectivity index (χ2n) is 8.06. The van der Waals surface area contributed by atoms with Gasteiger partial charge in [-0.25, -0.2) is 0 Å². The molecule has 2 amide bonds. The molecule has 0 saturated carbocycles. The molecule has 0 aliphatic rings. The van der Waals surface area contributed by atoms with Crippen molar-refractivity contribution in [3.05, 3.63) is 89.7 Å². The largest absolute Gasteiger partial charge is 0.497 e. The first kappa shape index (κ1) is 25.8. The molecule has 190 valence electrons. The number of para-hydroxylation sites is 1. The number of hydrogen-bond donors (Lipinski definition) is 2. The van der Waals surface area contributed by atoms with Crippen molar-refractivity contribution in [1.82, 2.24) is 20.1 Å². The summed E-state index contributed by atoms with van der Waals surface area (Å²) in [5, 5.41) is 14.9. The van der Waals surface area contributed by atoms with Crippen LogP contribution < -0.4 is 20.1 Å². The zero-order valence-corrected chi connectivity index (χ0v) is 21.5. The molecule has 3 aromatic carbocycles. The molecule has 0 fully saturated rings. The van der Waals surface area contributed by atoms with E-state index in [0.29, 0.717) is 28.0 Å². The summed E-state index contributed by atoms with van der Waals surface area (Å²) < 4.78 is 12.3. The molecule has 4 rings (SSSR count). The van der Waals surface area contributed by atoms with Crippen molar-refractivity contribution < 1.29 is 19.1 Å². The average Bonchev–Trinajstić information content (AvgIpc) is 3.33. The van der Waals surface area contributed by atoms with Crippen molar-refractivity contribution in [1.29, 1.82) is 0 Å². The van der Waals surface area contributed by atoms with Crippen LogP contribution in [0.15, 0.2) is 78.0 Å². The predicted molar refractivity (Wildman–Crippen MR) is 143 cm³/mol. The van der Waals surface area contributed by atoms with Crippen LogP contribution in [0.4, 0.5) is 5.69 Å². The number of thioether (sulfide) groups is 1. The summed E-state index contributed by atoms with van der Waals surface area (Å²) in [4.78, 5) is 25.4. The second kappa shape index (κ2) is 12.1. The van der Waals surface area contributed by atoms with Crippen LogP contribution in [-0.2, 0) is 11.3 Å². The van der Waals surface area contributed by atoms with E-state index >= 15 is 0 Å². The molecule has 4 aromatic rings. The molecule has 0 radical (unpaired) electrons. The zero-order valence-electron chi connectivity index (χ0n) is 20.7. The summed E-state index contributed by atoms with van der Waals surface area (Å²) in [7, 11) is 3.05. The first-order valence-electron chi connectivity index (χ1n) is 11.5. The monoisotopic (exact) mass is 517 g/mol. The van der Waals surface area contributed by atoms with E-state index in [9.17, 15) is 9.59 Å². The van der Waals surface area contributed by atoms with Gasteiger partial charge in [-0.2, -0.15) is 0 Å². The minimum absolute atomic E-state index is 0.121. The third-order valence-electron chi connectivity index (χ3n) is 5.37. The highest BCUT2D eigenvalue weighted by atomic mass is 32.2. The lowest BCUT2D eigenvalue weighted by atomic mass is 10.2. The summed E-state index contributed by atoms with van der Waals surface area (Å²) in [6, 6.07) is 22.1. The highest BCUT2D eigenvalue weighted by molar-refractivity contribution is 7.99. The number of nitrogens with one attached hydrogen (secondary N) is 2. The Morgan fingerprint density at radius 3 is 2.32 bits per heavy atom. The van der Waals surface area contributed by atoms with E-state index in [2.05, 4.69) is 20.8 Å². The van der Waals surface area contributed by atoms with Gasteiger partial charge in [0.1, 0.15) is 11.5 Å². The molecule has 1 heterocycles. The minimum Gasteiger partial charge on any atom is -0.497 e. The second-order valence-corrected chi connectivity index (χ2v) is 9.00. The Morgan fingerprint density at radius 1 is 0.919 bits per heavy atom. The van der Waals surface area contributed by atoms with E-state index in [4.69, 9.17) is 9.47 Å². The highest BCUT2D eigenvalue weighted by Crippen LogP contribution is 2.24. The summed E-state index contributed by atoms with van der Waals surface area (Å²) >= 11 is 1.27. The number of methoxy groups -OCH3 is 2. The average molecular weight is 518 g/mol. The van der Waals surface area contributed by atoms with E-state index in [0.717, 1.165) is 16.9 Å². The van der Waals surface area contributed by atoms with Crippen LogP contribution in [-0.4, -0.2) is 46.6 Å². The maximum atomic E-state index is 12.9. The molecule has 0 saturated heterocycles. The van der Waals surface area contributed by atoms with Crippen LogP contribution in [0.1, 0.15) is 21.7 Å². The molecule has 0 spiro atoms. The van der Waals surface area contributed by atoms with Crippen LogP contribution in [0, 0.1) is 6.92 Å². The number of aryl methyl sites for hydroxylation is 1. The van der Waals surface area contributed by atoms with Crippen LogP contribution in [0.5, 0.6) is 11.5 Å². The first-order chi connectivity index (χ1) is 18.0. The fraction of sp³-hybridized carbons (Fsp3) is 0.185. The zero-order chi connectivity index (χ0) is 26.2. The van der Waals surface area contributed by atoms with E-state index in [1.165, 1.54) is 26.0 Å². The fourth-order valence-electron chi connectivity index (χ4n) is 3.59. The van der Waals surface area contributed by atoms with Gasteiger partial charge in [0.15, 0.2) is 11.0 Å². The molecule has 0 aliphatic carbocycles. The summed E-state index contributed by atoms with van der Waals surface area (Å²) in [6.07, 6.45) is 0. The molecular formula is C27H27N5O4S. The quantitative estimate of drug-likeness (QED) is 0.303. The number of carbonyl (C=O) groups is 2. The number of amides is 2. The third-order valence-corrected chi connectivity index (χ3v) is 6.30. The van der Waals surface area contributed by atoms with E-state index in [1.807, 2.05) is 66.1 Å². The third kappa shape index (κ3) is 6.68. The van der Waals surface area contributed by atoms with E-state index in [1.54, 1.807) is 18.2 Å². The Bertz CT molecular complexity index is 1370. The Hall–Kier alpha value is -4.31. The van der Waals surface area contributed by atoms with Gasteiger partial charge >= 0.3 is 0 Å². The lowest BCUT2D eigenvalue weighted by Gasteiger charge is -2.12. The van der Waals surface area contributed by atoms with Gasteiger partial charge in [0, 0.05) is 23.0 Å². The number of anilines is 1. The first-order valence-corrected chi connectivity index (χ1v) is 12.5. The van der Waals surface area contributed by atoms with Crippen molar-refractivity contribution >= 4 is 29.3 Å². The van der Waals surface area contributed by atoms with Crippen LogP contribution in [0.2, 0.25) is 0 Å². The highest BCUT2D eigenvalue weighted by Gasteiger charge is 2.18. The number of ether oxygens (including phenoxy) is 2. The molecule has 10 heteroatoms. The van der Waals surface area contributed by atoms with Gasteiger partial charge in [-0.3, -0.25) is 14.2 Å². The minimum atomic E-state index is -0.313. The van der Waals surface area contributed by atoms with Gasteiger partial charge in [0.25, 0.3) is 5.91 Å². The molecule has 0 aliphatic heterocycles. The summed E-state index contributed by atoms with van der Waals surface area (Å²) in [5.41, 5.74) is 3.02. The van der Waals surface area contributed by atoms with Crippen molar-refractivity contribution in [3.8, 4) is 17.2 Å². The number of aromatic nitrogens is 3. The SMILES string of the molecule is COc1cc(OC)cc(C(=O)NCc2nnc(SCC(=O)Nc3cccc(C)c3)n2-c2ccccc2)c1. The van der Waals surface area contributed by atoms with E-state index in [-0.39, 0.29) is 24.1 Å². The van der Waals surface area contributed by atoms with Crippen LogP contribution >= 0.6 is 11.8 Å². The molecular weight excluding hydrogens is 490 g/mol. The van der Waals surface area contributed by atoms with Gasteiger partial charge in [0.05, 0.1) is 26.5 Å². The standard InChI is InChI=1S/C27H27N5O4S/c1-18-8-7-9-20(12-18)29-25(33)17-37-27-31-30-24(32(27)21-10-5-4-6-11-21)16-28-26(34)19-13-22(35-2)15-23(14-19)36-3/h4-15H,16-17H2,1-3H3,(H,28,34)(H,29,33). The van der Waals surface area contributed by atoms with Gasteiger partial charge in [0.2, 0.25) is 5.91 Å². The summed E-state index contributed by atoms with van der Waals surface area (Å²) in [5.74, 6) is 1.23. The normalized spacial score (nSPS) is 10.6. The van der Waals surface area contributed by atoms with Crippen molar-refractivity contribution in [2.24, 2.45) is 0 Å². The topological polar surface area (TPSA) is 107 Å². The smallest absolute Gasteiger partial charge is 0.251 e. The number of nitrogens with zero attached hydrogens (tertiary/aromatic N) is 3.